The summed E-state index contributed by atoms with van der Waals surface area (Å²) in [5.74, 6) is 0.717. The summed E-state index contributed by atoms with van der Waals surface area (Å²) in [6.45, 7) is 5.98. The first-order chi connectivity index (χ1) is 11.0. The highest BCUT2D eigenvalue weighted by Crippen LogP contribution is 2.20. The van der Waals surface area contributed by atoms with Gasteiger partial charge in [-0.3, -0.25) is 0 Å². The maximum atomic E-state index is 12.1. The first-order valence-corrected chi connectivity index (χ1v) is 7.57. The lowest BCUT2D eigenvalue weighted by atomic mass is 10.1. The van der Waals surface area contributed by atoms with Crippen molar-refractivity contribution in [3.8, 4) is 0 Å². The Bertz CT molecular complexity index is 620. The second-order valence-corrected chi connectivity index (χ2v) is 5.45. The molecule has 0 spiro atoms. The summed E-state index contributed by atoms with van der Waals surface area (Å²) in [5, 5.41) is 9.63. The van der Waals surface area contributed by atoms with Crippen LogP contribution in [-0.4, -0.2) is 24.8 Å². The predicted octanol–water partition coefficient (Wildman–Crippen LogP) is 3.04. The van der Waals surface area contributed by atoms with Crippen molar-refractivity contribution in [2.24, 2.45) is 0 Å². The summed E-state index contributed by atoms with van der Waals surface area (Å²) in [5.41, 5.74) is 2.72. The van der Waals surface area contributed by atoms with E-state index in [9.17, 15) is 4.79 Å². The van der Waals surface area contributed by atoms with Crippen LogP contribution in [0.2, 0.25) is 0 Å². The maximum Gasteiger partial charge on any atom is 0.315 e. The number of rotatable bonds is 6. The number of carbonyl (C=O) groups is 1. The molecule has 1 heterocycles. The lowest BCUT2D eigenvalue weighted by molar-refractivity contribution is 0.104. The molecule has 0 aliphatic carbocycles. The molecule has 1 aromatic heterocycles. The third-order valence-electron chi connectivity index (χ3n) is 3.77. The van der Waals surface area contributed by atoms with E-state index < -0.39 is 0 Å². The SMILES string of the molecule is CO[C@H](CNC(=O)N[C@H](C)c1c(C)noc1C)c1ccccc1. The lowest BCUT2D eigenvalue weighted by Crippen LogP contribution is -2.39. The van der Waals surface area contributed by atoms with Crippen LogP contribution < -0.4 is 10.6 Å². The molecule has 2 aromatic rings. The largest absolute Gasteiger partial charge is 0.375 e. The molecule has 0 saturated heterocycles. The Hall–Kier alpha value is -2.34. The first-order valence-electron chi connectivity index (χ1n) is 7.57. The zero-order valence-corrected chi connectivity index (χ0v) is 13.9. The summed E-state index contributed by atoms with van der Waals surface area (Å²) in [6, 6.07) is 9.35. The number of hydrogen-bond donors (Lipinski definition) is 2. The molecule has 0 unspecified atom stereocenters. The quantitative estimate of drug-likeness (QED) is 0.858. The second kappa shape index (κ2) is 7.78. The van der Waals surface area contributed by atoms with Gasteiger partial charge in [0.25, 0.3) is 0 Å². The number of hydrogen-bond acceptors (Lipinski definition) is 4. The topological polar surface area (TPSA) is 76.4 Å². The van der Waals surface area contributed by atoms with Crippen molar-refractivity contribution in [1.82, 2.24) is 15.8 Å². The highest BCUT2D eigenvalue weighted by molar-refractivity contribution is 5.74. The van der Waals surface area contributed by atoms with Crippen LogP contribution in [0.5, 0.6) is 0 Å². The molecule has 0 saturated carbocycles. The van der Waals surface area contributed by atoms with Gasteiger partial charge in [-0.05, 0) is 26.3 Å². The van der Waals surface area contributed by atoms with Crippen molar-refractivity contribution in [2.75, 3.05) is 13.7 Å². The molecule has 0 aliphatic heterocycles. The van der Waals surface area contributed by atoms with Crippen molar-refractivity contribution in [3.63, 3.8) is 0 Å². The van der Waals surface area contributed by atoms with Gasteiger partial charge in [-0.15, -0.1) is 0 Å². The van der Waals surface area contributed by atoms with Crippen LogP contribution in [0.25, 0.3) is 0 Å². The van der Waals surface area contributed by atoms with Crippen molar-refractivity contribution in [2.45, 2.75) is 32.9 Å². The number of aryl methyl sites for hydroxylation is 2. The zero-order valence-electron chi connectivity index (χ0n) is 13.9. The highest BCUT2D eigenvalue weighted by Gasteiger charge is 2.19. The maximum absolute atomic E-state index is 12.1. The van der Waals surface area contributed by atoms with Crippen LogP contribution in [0.4, 0.5) is 4.79 Å². The molecule has 1 aromatic carbocycles. The van der Waals surface area contributed by atoms with E-state index in [1.165, 1.54) is 0 Å². The van der Waals surface area contributed by atoms with Gasteiger partial charge in [-0.25, -0.2) is 4.79 Å². The molecule has 0 fully saturated rings. The number of ether oxygens (including phenoxy) is 1. The summed E-state index contributed by atoms with van der Waals surface area (Å²) in [4.78, 5) is 12.1. The lowest BCUT2D eigenvalue weighted by Gasteiger charge is -2.18. The first kappa shape index (κ1) is 17.0. The fraction of sp³-hybridized carbons (Fsp3) is 0.412. The van der Waals surface area contributed by atoms with Crippen molar-refractivity contribution in [3.05, 3.63) is 52.9 Å². The van der Waals surface area contributed by atoms with Crippen molar-refractivity contribution < 1.29 is 14.1 Å². The predicted molar refractivity (Wildman–Crippen MR) is 87.1 cm³/mol. The minimum atomic E-state index is -0.254. The van der Waals surface area contributed by atoms with Gasteiger partial charge in [0.1, 0.15) is 5.76 Å². The summed E-state index contributed by atoms with van der Waals surface area (Å²) < 4.78 is 10.6. The van der Waals surface area contributed by atoms with Crippen molar-refractivity contribution >= 4 is 6.03 Å². The van der Waals surface area contributed by atoms with Gasteiger partial charge in [-0.1, -0.05) is 35.5 Å². The molecule has 23 heavy (non-hydrogen) atoms. The average Bonchev–Trinajstić information content (AvgIpc) is 2.88. The van der Waals surface area contributed by atoms with Crippen LogP contribution in [0.1, 0.15) is 41.7 Å². The molecule has 6 heteroatoms. The molecule has 6 nitrogen and oxygen atoms in total. The number of carbonyl (C=O) groups excluding carboxylic acids is 1. The number of nitrogens with zero attached hydrogens (tertiary/aromatic N) is 1. The summed E-state index contributed by atoms with van der Waals surface area (Å²) in [7, 11) is 1.63. The van der Waals surface area contributed by atoms with Crippen LogP contribution >= 0.6 is 0 Å². The van der Waals surface area contributed by atoms with Gasteiger partial charge in [-0.2, -0.15) is 0 Å². The number of amides is 2. The number of aromatic nitrogens is 1. The normalized spacial score (nSPS) is 13.4. The van der Waals surface area contributed by atoms with Crippen LogP contribution in [0, 0.1) is 13.8 Å². The van der Waals surface area contributed by atoms with E-state index in [4.69, 9.17) is 9.26 Å². The summed E-state index contributed by atoms with van der Waals surface area (Å²) in [6.07, 6.45) is -0.184. The number of urea groups is 1. The number of methoxy groups -OCH3 is 1. The van der Waals surface area contributed by atoms with E-state index in [1.54, 1.807) is 7.11 Å². The Morgan fingerprint density at radius 3 is 2.57 bits per heavy atom. The fourth-order valence-electron chi connectivity index (χ4n) is 2.62. The minimum absolute atomic E-state index is 0.182. The molecule has 0 aliphatic rings. The van der Waals surface area contributed by atoms with E-state index in [0.717, 1.165) is 16.8 Å². The molecule has 2 amide bonds. The molecular weight excluding hydrogens is 294 g/mol. The van der Waals surface area contributed by atoms with E-state index in [1.807, 2.05) is 51.1 Å². The summed E-state index contributed by atoms with van der Waals surface area (Å²) >= 11 is 0. The van der Waals surface area contributed by atoms with Crippen LogP contribution in [-0.2, 0) is 4.74 Å². The van der Waals surface area contributed by atoms with Crippen LogP contribution in [0.15, 0.2) is 34.9 Å². The smallest absolute Gasteiger partial charge is 0.315 e. The van der Waals surface area contributed by atoms with Crippen LogP contribution in [0.3, 0.4) is 0 Å². The molecule has 0 radical (unpaired) electrons. The molecule has 2 rings (SSSR count). The Morgan fingerprint density at radius 1 is 1.30 bits per heavy atom. The highest BCUT2D eigenvalue weighted by atomic mass is 16.5. The standard InChI is InChI=1S/C17H23N3O3/c1-11(16-12(2)20-23-13(16)3)19-17(21)18-10-15(22-4)14-8-6-5-7-9-14/h5-9,11,15H,10H2,1-4H3,(H2,18,19,21)/t11-,15-/m1/s1. The third-order valence-corrected chi connectivity index (χ3v) is 3.77. The number of nitrogens with one attached hydrogen (secondary N) is 2. The van der Waals surface area contributed by atoms with Gasteiger partial charge in [0, 0.05) is 19.2 Å². The number of benzene rings is 1. The van der Waals surface area contributed by atoms with E-state index >= 15 is 0 Å². The van der Waals surface area contributed by atoms with Gasteiger partial charge in [0.2, 0.25) is 0 Å². The Balaban J connectivity index is 1.89. The molecule has 2 atom stereocenters. The fourth-order valence-corrected chi connectivity index (χ4v) is 2.62. The van der Waals surface area contributed by atoms with E-state index in [0.29, 0.717) is 12.3 Å². The average molecular weight is 317 g/mol. The second-order valence-electron chi connectivity index (χ2n) is 5.45. The monoisotopic (exact) mass is 317 g/mol. The van der Waals surface area contributed by atoms with Crippen molar-refractivity contribution in [1.29, 1.82) is 0 Å². The Morgan fingerprint density at radius 2 is 2.00 bits per heavy atom. The molecule has 124 valence electrons. The Kier molecular flexibility index (Phi) is 5.76. The molecule has 2 N–H and O–H groups in total. The van der Waals surface area contributed by atoms with Gasteiger partial charge in [0.15, 0.2) is 0 Å². The Labute approximate surface area is 136 Å². The zero-order chi connectivity index (χ0) is 16.8. The molecule has 0 bridgehead atoms. The van der Waals surface area contributed by atoms with Gasteiger partial charge < -0.3 is 19.9 Å². The third kappa shape index (κ3) is 4.32. The van der Waals surface area contributed by atoms with E-state index in [2.05, 4.69) is 15.8 Å². The van der Waals surface area contributed by atoms with Gasteiger partial charge >= 0.3 is 6.03 Å². The van der Waals surface area contributed by atoms with Gasteiger partial charge in [0.05, 0.1) is 17.8 Å². The van der Waals surface area contributed by atoms with E-state index in [-0.39, 0.29) is 18.2 Å². The molecular formula is C17H23N3O3. The minimum Gasteiger partial charge on any atom is -0.375 e.